The first-order valence-corrected chi connectivity index (χ1v) is 26.6. The maximum Gasteiger partial charge on any atom is 0.143 e. The molecule has 4 nitrogen and oxygen atoms in total. The van der Waals surface area contributed by atoms with Crippen LogP contribution in [-0.4, -0.2) is 9.13 Å². The molecule has 0 saturated heterocycles. The number of furan rings is 1. The molecule has 0 bridgehead atoms. The van der Waals surface area contributed by atoms with Gasteiger partial charge < -0.3 is 18.5 Å². The Labute approximate surface area is 440 Å². The molecule has 360 valence electrons. The van der Waals surface area contributed by atoms with Crippen LogP contribution in [0.5, 0.6) is 0 Å². The van der Waals surface area contributed by atoms with Crippen LogP contribution in [0.15, 0.2) is 241 Å². The molecule has 0 radical (unpaired) electrons. The quantitative estimate of drug-likeness (QED) is 0.166. The Kier molecular flexibility index (Phi) is 8.83. The van der Waals surface area contributed by atoms with Crippen LogP contribution in [0.1, 0.15) is 49.9 Å². The second-order valence-corrected chi connectivity index (χ2v) is 22.0. The van der Waals surface area contributed by atoms with Gasteiger partial charge in [0, 0.05) is 77.1 Å². The minimum atomic E-state index is -0.303. The van der Waals surface area contributed by atoms with Crippen LogP contribution in [0.2, 0.25) is 0 Å². The van der Waals surface area contributed by atoms with Crippen LogP contribution < -0.4 is 4.90 Å². The van der Waals surface area contributed by atoms with Crippen molar-refractivity contribution in [2.45, 2.75) is 38.5 Å². The highest BCUT2D eigenvalue weighted by atomic mass is 16.3. The van der Waals surface area contributed by atoms with E-state index in [1.807, 2.05) is 6.07 Å². The van der Waals surface area contributed by atoms with Gasteiger partial charge in [-0.15, -0.1) is 0 Å². The number of hydrogen-bond donors (Lipinski definition) is 0. The minimum Gasteiger partial charge on any atom is -0.455 e. The lowest BCUT2D eigenvalue weighted by atomic mass is 9.80. The molecule has 16 rings (SSSR count). The van der Waals surface area contributed by atoms with Crippen molar-refractivity contribution in [3.05, 3.63) is 259 Å². The Morgan fingerprint density at radius 3 is 1.55 bits per heavy atom. The van der Waals surface area contributed by atoms with Gasteiger partial charge >= 0.3 is 0 Å². The van der Waals surface area contributed by atoms with Crippen molar-refractivity contribution >= 4 is 82.6 Å². The molecule has 0 saturated carbocycles. The Hall–Kier alpha value is -9.38. The predicted molar refractivity (Wildman–Crippen MR) is 318 cm³/mol. The van der Waals surface area contributed by atoms with E-state index in [4.69, 9.17) is 4.42 Å². The van der Waals surface area contributed by atoms with Gasteiger partial charge in [0.2, 0.25) is 0 Å². The van der Waals surface area contributed by atoms with Crippen LogP contribution in [0.4, 0.5) is 17.1 Å². The summed E-state index contributed by atoms with van der Waals surface area (Å²) >= 11 is 0. The van der Waals surface area contributed by atoms with E-state index in [0.717, 1.165) is 50.1 Å². The molecule has 14 aromatic rings. The molecule has 2 aliphatic rings. The van der Waals surface area contributed by atoms with Crippen LogP contribution in [-0.2, 0) is 10.8 Å². The van der Waals surface area contributed by atoms with E-state index in [2.05, 4.69) is 272 Å². The molecular formula is C72H51N3O. The fourth-order valence-electron chi connectivity index (χ4n) is 13.8. The van der Waals surface area contributed by atoms with Crippen molar-refractivity contribution in [2.75, 3.05) is 4.90 Å². The second kappa shape index (κ2) is 15.6. The summed E-state index contributed by atoms with van der Waals surface area (Å²) in [6.45, 7) is 9.66. The van der Waals surface area contributed by atoms with Crippen molar-refractivity contribution in [2.24, 2.45) is 0 Å². The number of fused-ring (bicyclic) bond motifs is 16. The molecule has 11 aromatic carbocycles. The van der Waals surface area contributed by atoms with Gasteiger partial charge in [-0.25, -0.2) is 0 Å². The Morgan fingerprint density at radius 2 is 0.855 bits per heavy atom. The Balaban J connectivity index is 0.851. The molecule has 76 heavy (non-hydrogen) atoms. The summed E-state index contributed by atoms with van der Waals surface area (Å²) in [6.07, 6.45) is 0. The van der Waals surface area contributed by atoms with E-state index in [0.29, 0.717) is 0 Å². The van der Waals surface area contributed by atoms with Gasteiger partial charge in [0.25, 0.3) is 0 Å². The van der Waals surface area contributed by atoms with Gasteiger partial charge in [0.05, 0.1) is 22.1 Å². The monoisotopic (exact) mass is 973 g/mol. The smallest absolute Gasteiger partial charge is 0.143 e. The van der Waals surface area contributed by atoms with E-state index < -0.39 is 0 Å². The molecule has 0 spiro atoms. The fourth-order valence-corrected chi connectivity index (χ4v) is 13.8. The number of hydrogen-bond acceptors (Lipinski definition) is 2. The average molecular weight is 974 g/mol. The normalized spacial score (nSPS) is 14.0. The minimum absolute atomic E-state index is 0.276. The predicted octanol–water partition coefficient (Wildman–Crippen LogP) is 19.5. The Morgan fingerprint density at radius 1 is 0.342 bits per heavy atom. The van der Waals surface area contributed by atoms with Crippen molar-refractivity contribution in [1.29, 1.82) is 0 Å². The summed E-state index contributed by atoms with van der Waals surface area (Å²) < 4.78 is 11.4. The fraction of sp³-hybridized carbons (Fsp3) is 0.0833. The molecule has 3 heterocycles. The third-order valence-electron chi connectivity index (χ3n) is 17.3. The lowest BCUT2D eigenvalue weighted by molar-refractivity contribution is 0.660. The number of anilines is 3. The van der Waals surface area contributed by atoms with E-state index in [-0.39, 0.29) is 10.8 Å². The SMILES string of the molecule is CC1(C)c2cc(N(c3ccc(-c4cccc5c4oc4ccccc45)cc3)c3ccc4c(c3)C(C)(C)c3c-4ccc4c3c3ccccc3n4-c3ccccc3)ccc2-c2ccc(-n3c4ccccc4c4ccccc43)cc21. The maximum atomic E-state index is 6.56. The summed E-state index contributed by atoms with van der Waals surface area (Å²) in [7, 11) is 0. The summed E-state index contributed by atoms with van der Waals surface area (Å²) in [4.78, 5) is 2.48. The van der Waals surface area contributed by atoms with E-state index in [9.17, 15) is 0 Å². The summed E-state index contributed by atoms with van der Waals surface area (Å²) in [5, 5.41) is 7.42. The van der Waals surface area contributed by atoms with Gasteiger partial charge in [-0.2, -0.15) is 0 Å². The van der Waals surface area contributed by atoms with Gasteiger partial charge in [0.1, 0.15) is 11.2 Å². The molecular weight excluding hydrogens is 923 g/mol. The highest BCUT2D eigenvalue weighted by Crippen LogP contribution is 2.56. The molecule has 0 atom stereocenters. The third kappa shape index (κ3) is 5.90. The van der Waals surface area contributed by atoms with Crippen LogP contribution >= 0.6 is 0 Å². The molecule has 0 aliphatic heterocycles. The van der Waals surface area contributed by atoms with E-state index in [1.165, 1.54) is 99.5 Å². The number of para-hydroxylation sites is 6. The first-order chi connectivity index (χ1) is 37.2. The van der Waals surface area contributed by atoms with Crippen LogP contribution in [0, 0.1) is 0 Å². The van der Waals surface area contributed by atoms with Crippen LogP contribution in [0.25, 0.3) is 110 Å². The zero-order valence-electron chi connectivity index (χ0n) is 42.8. The number of nitrogens with zero attached hydrogens (tertiary/aromatic N) is 3. The van der Waals surface area contributed by atoms with Gasteiger partial charge in [-0.3, -0.25) is 0 Å². The molecule has 4 heteroatoms. The van der Waals surface area contributed by atoms with Crippen molar-refractivity contribution in [1.82, 2.24) is 9.13 Å². The highest BCUT2D eigenvalue weighted by molar-refractivity contribution is 6.15. The zero-order valence-corrected chi connectivity index (χ0v) is 42.8. The third-order valence-corrected chi connectivity index (χ3v) is 17.3. The molecule has 0 fully saturated rings. The van der Waals surface area contributed by atoms with Gasteiger partial charge in [0.15, 0.2) is 0 Å². The zero-order chi connectivity index (χ0) is 50.6. The standard InChI is InChI=1S/C72H51N3O/c1-71(2)60-41-47(33-36-51(60)52-37-35-49(43-61(52)71)75-63-25-12-8-19-54(63)55-20-9-13-26-64(55)75)73(46-31-29-44(30-32-46)50-23-16-24-58-56-21-11-15-28-67(56)76-70(50)58)48-34-38-53-57-39-40-66-68(69(57)72(3,4)62(53)42-48)59-22-10-14-27-65(59)74(66)45-17-6-5-7-18-45/h5-43H,1-4H3. The number of aromatic nitrogens is 2. The maximum absolute atomic E-state index is 6.56. The second-order valence-electron chi connectivity index (χ2n) is 22.0. The summed E-state index contributed by atoms with van der Waals surface area (Å²) in [6, 6.07) is 87.4. The number of rotatable bonds is 6. The molecule has 0 N–H and O–H groups in total. The summed E-state index contributed by atoms with van der Waals surface area (Å²) in [5.41, 5.74) is 24.6. The van der Waals surface area contributed by atoms with Crippen LogP contribution in [0.3, 0.4) is 0 Å². The molecule has 0 amide bonds. The lowest BCUT2D eigenvalue weighted by Gasteiger charge is -2.30. The number of benzene rings is 11. The van der Waals surface area contributed by atoms with Crippen molar-refractivity contribution < 1.29 is 4.42 Å². The topological polar surface area (TPSA) is 26.2 Å². The van der Waals surface area contributed by atoms with Gasteiger partial charge in [-0.1, -0.05) is 173 Å². The van der Waals surface area contributed by atoms with Gasteiger partial charge in [-0.05, 0) is 141 Å². The van der Waals surface area contributed by atoms with Crippen molar-refractivity contribution in [3.8, 4) is 44.8 Å². The summed E-state index contributed by atoms with van der Waals surface area (Å²) in [5.74, 6) is 0. The highest BCUT2D eigenvalue weighted by Gasteiger charge is 2.40. The van der Waals surface area contributed by atoms with Crippen molar-refractivity contribution in [3.63, 3.8) is 0 Å². The molecule has 2 aliphatic carbocycles. The molecule has 0 unspecified atom stereocenters. The van der Waals surface area contributed by atoms with E-state index in [1.54, 1.807) is 0 Å². The largest absolute Gasteiger partial charge is 0.455 e. The molecule has 3 aromatic heterocycles. The Bertz CT molecular complexity index is 4700. The average Bonchev–Trinajstić information content (AvgIpc) is 4.34. The first kappa shape index (κ1) is 43.1. The lowest BCUT2D eigenvalue weighted by Crippen LogP contribution is -2.18. The first-order valence-electron chi connectivity index (χ1n) is 26.6. The van der Waals surface area contributed by atoms with E-state index >= 15 is 0 Å².